The number of hydrogen-bond donors (Lipinski definition) is 1. The Hall–Kier alpha value is -2.79. The molecule has 4 nitrogen and oxygen atoms in total. The van der Waals surface area contributed by atoms with Gasteiger partial charge in [-0.2, -0.15) is 0 Å². The zero-order valence-electron chi connectivity index (χ0n) is 14.4. The molecule has 0 aliphatic heterocycles. The van der Waals surface area contributed by atoms with Gasteiger partial charge in [0.25, 0.3) is 0 Å². The smallest absolute Gasteiger partial charge is 0.124 e. The Morgan fingerprint density at radius 1 is 1.08 bits per heavy atom. The van der Waals surface area contributed by atoms with Crippen molar-refractivity contribution in [3.05, 3.63) is 65.9 Å². The molecule has 0 atom stereocenters. The zero-order valence-corrected chi connectivity index (χ0v) is 14.4. The summed E-state index contributed by atoms with van der Waals surface area (Å²) in [6.07, 6.45) is 7.45. The van der Waals surface area contributed by atoms with E-state index in [1.165, 1.54) is 12.1 Å². The van der Waals surface area contributed by atoms with Gasteiger partial charge >= 0.3 is 0 Å². The summed E-state index contributed by atoms with van der Waals surface area (Å²) in [4.78, 5) is 10.7. The first-order valence-electron chi connectivity index (χ1n) is 8.19. The molecule has 2 heterocycles. The molecule has 0 saturated heterocycles. The van der Waals surface area contributed by atoms with Crippen molar-refractivity contribution < 1.29 is 4.39 Å². The van der Waals surface area contributed by atoms with E-state index in [1.54, 1.807) is 18.5 Å². The van der Waals surface area contributed by atoms with Crippen LogP contribution in [-0.4, -0.2) is 42.1 Å². The number of benzene rings is 1. The van der Waals surface area contributed by atoms with E-state index in [2.05, 4.69) is 20.2 Å². The molecule has 0 amide bonds. The molecule has 128 valence electrons. The van der Waals surface area contributed by atoms with Crippen LogP contribution in [0, 0.1) is 5.82 Å². The van der Waals surface area contributed by atoms with E-state index in [0.29, 0.717) is 0 Å². The van der Waals surface area contributed by atoms with E-state index >= 15 is 0 Å². The lowest BCUT2D eigenvalue weighted by atomic mass is 10.1. The van der Waals surface area contributed by atoms with Crippen LogP contribution in [0.3, 0.4) is 0 Å². The van der Waals surface area contributed by atoms with Crippen molar-refractivity contribution in [1.29, 1.82) is 0 Å². The van der Waals surface area contributed by atoms with Crippen LogP contribution < -0.4 is 5.32 Å². The highest BCUT2D eigenvalue weighted by molar-refractivity contribution is 5.93. The number of pyridine rings is 2. The molecule has 0 radical (unpaired) electrons. The van der Waals surface area contributed by atoms with Gasteiger partial charge in [0.1, 0.15) is 5.82 Å². The minimum Gasteiger partial charge on any atom is -0.383 e. The van der Waals surface area contributed by atoms with E-state index in [-0.39, 0.29) is 5.82 Å². The fourth-order valence-electron chi connectivity index (χ4n) is 2.52. The van der Waals surface area contributed by atoms with Crippen molar-refractivity contribution in [1.82, 2.24) is 14.9 Å². The fraction of sp³-hybridized carbons (Fsp3) is 0.200. The van der Waals surface area contributed by atoms with Crippen molar-refractivity contribution in [3.63, 3.8) is 0 Å². The maximum absolute atomic E-state index is 13.7. The number of nitrogens with zero attached hydrogens (tertiary/aromatic N) is 3. The SMILES string of the molecule is CN(C)CCNc1cc(/C=C/c2ccncc2)nc2ccc(F)cc12. The average Bonchev–Trinajstić information content (AvgIpc) is 2.61. The number of likely N-dealkylation sites (N-methyl/N-ethyl adjacent to an activating group) is 1. The largest absolute Gasteiger partial charge is 0.383 e. The van der Waals surface area contributed by atoms with Crippen LogP contribution in [0.15, 0.2) is 48.8 Å². The van der Waals surface area contributed by atoms with Crippen molar-refractivity contribution in [2.75, 3.05) is 32.5 Å². The van der Waals surface area contributed by atoms with Crippen LogP contribution in [0.5, 0.6) is 0 Å². The van der Waals surface area contributed by atoms with Gasteiger partial charge in [0.15, 0.2) is 0 Å². The molecule has 0 unspecified atom stereocenters. The fourth-order valence-corrected chi connectivity index (χ4v) is 2.52. The maximum atomic E-state index is 13.7. The molecule has 3 aromatic rings. The number of rotatable bonds is 6. The van der Waals surface area contributed by atoms with Crippen LogP contribution in [0.1, 0.15) is 11.3 Å². The van der Waals surface area contributed by atoms with Gasteiger partial charge in [-0.15, -0.1) is 0 Å². The van der Waals surface area contributed by atoms with Crippen LogP contribution in [0.2, 0.25) is 0 Å². The lowest BCUT2D eigenvalue weighted by Gasteiger charge is -2.14. The normalized spacial score (nSPS) is 11.5. The highest BCUT2D eigenvalue weighted by Crippen LogP contribution is 2.25. The number of anilines is 1. The predicted molar refractivity (Wildman–Crippen MR) is 102 cm³/mol. The number of halogens is 1. The lowest BCUT2D eigenvalue weighted by molar-refractivity contribution is 0.425. The predicted octanol–water partition coefficient (Wildman–Crippen LogP) is 3.91. The Morgan fingerprint density at radius 2 is 1.88 bits per heavy atom. The van der Waals surface area contributed by atoms with E-state index in [9.17, 15) is 4.39 Å². The summed E-state index contributed by atoms with van der Waals surface area (Å²) in [5.74, 6) is -0.259. The Balaban J connectivity index is 1.93. The average molecular weight is 336 g/mol. The minimum absolute atomic E-state index is 0.259. The van der Waals surface area contributed by atoms with Crippen LogP contribution in [-0.2, 0) is 0 Å². The summed E-state index contributed by atoms with van der Waals surface area (Å²) in [6.45, 7) is 1.66. The highest BCUT2D eigenvalue weighted by Gasteiger charge is 2.06. The third-order valence-corrected chi connectivity index (χ3v) is 3.82. The zero-order chi connectivity index (χ0) is 17.6. The Labute approximate surface area is 147 Å². The summed E-state index contributed by atoms with van der Waals surface area (Å²) < 4.78 is 13.7. The van der Waals surface area contributed by atoms with Crippen molar-refractivity contribution in [2.24, 2.45) is 0 Å². The van der Waals surface area contributed by atoms with Gasteiger partial charge in [-0.3, -0.25) is 4.98 Å². The third kappa shape index (κ3) is 4.61. The van der Waals surface area contributed by atoms with E-state index in [4.69, 9.17) is 0 Å². The van der Waals surface area contributed by atoms with Crippen LogP contribution in [0.4, 0.5) is 10.1 Å². The molecule has 25 heavy (non-hydrogen) atoms. The highest BCUT2D eigenvalue weighted by atomic mass is 19.1. The van der Waals surface area contributed by atoms with E-state index in [1.807, 2.05) is 44.4 Å². The number of nitrogens with one attached hydrogen (secondary N) is 1. The summed E-state index contributed by atoms with van der Waals surface area (Å²) >= 11 is 0. The second kappa shape index (κ2) is 7.85. The molecule has 2 aromatic heterocycles. The molecule has 0 bridgehead atoms. The Morgan fingerprint density at radius 3 is 2.64 bits per heavy atom. The van der Waals surface area contributed by atoms with Crippen molar-refractivity contribution in [3.8, 4) is 0 Å². The molecule has 0 spiro atoms. The van der Waals surface area contributed by atoms with Gasteiger partial charge in [-0.1, -0.05) is 6.08 Å². The molecular weight excluding hydrogens is 315 g/mol. The van der Waals surface area contributed by atoms with Gasteiger partial charge < -0.3 is 10.2 Å². The molecule has 1 N–H and O–H groups in total. The summed E-state index contributed by atoms with van der Waals surface area (Å²) in [5.41, 5.74) is 3.53. The molecule has 0 saturated carbocycles. The first-order chi connectivity index (χ1) is 12.1. The second-order valence-corrected chi connectivity index (χ2v) is 6.10. The Bertz CT molecular complexity index is 876. The first-order valence-corrected chi connectivity index (χ1v) is 8.19. The third-order valence-electron chi connectivity index (χ3n) is 3.82. The molecule has 0 fully saturated rings. The molecule has 3 rings (SSSR count). The Kier molecular flexibility index (Phi) is 5.36. The van der Waals surface area contributed by atoms with Crippen molar-refractivity contribution >= 4 is 28.7 Å². The monoisotopic (exact) mass is 336 g/mol. The molecule has 0 aliphatic rings. The van der Waals surface area contributed by atoms with Gasteiger partial charge in [-0.25, -0.2) is 9.37 Å². The molecule has 5 heteroatoms. The summed E-state index contributed by atoms with van der Waals surface area (Å²) in [5, 5.41) is 4.18. The maximum Gasteiger partial charge on any atom is 0.124 e. The summed E-state index contributed by atoms with van der Waals surface area (Å²) in [6, 6.07) is 10.5. The summed E-state index contributed by atoms with van der Waals surface area (Å²) in [7, 11) is 4.05. The standard InChI is InChI=1S/C20H21FN4/c1-25(2)12-11-23-20-14-17(5-3-15-7-9-22-10-8-15)24-19-6-4-16(21)13-18(19)20/h3-10,13-14H,11-12H2,1-2H3,(H,23,24)/b5-3+. The number of aromatic nitrogens is 2. The lowest BCUT2D eigenvalue weighted by Crippen LogP contribution is -2.20. The van der Waals surface area contributed by atoms with Gasteiger partial charge in [0.2, 0.25) is 0 Å². The van der Waals surface area contributed by atoms with Gasteiger partial charge in [-0.05, 0) is 62.1 Å². The van der Waals surface area contributed by atoms with Crippen LogP contribution >= 0.6 is 0 Å². The van der Waals surface area contributed by atoms with Gasteiger partial charge in [0, 0.05) is 36.6 Å². The van der Waals surface area contributed by atoms with Crippen LogP contribution in [0.25, 0.3) is 23.1 Å². The van der Waals surface area contributed by atoms with Gasteiger partial charge in [0.05, 0.1) is 11.2 Å². The van der Waals surface area contributed by atoms with E-state index in [0.717, 1.165) is 40.9 Å². The number of fused-ring (bicyclic) bond motifs is 1. The second-order valence-electron chi connectivity index (χ2n) is 6.10. The van der Waals surface area contributed by atoms with Crippen molar-refractivity contribution in [2.45, 2.75) is 0 Å². The molecule has 0 aliphatic carbocycles. The molecular formula is C20H21FN4. The van der Waals surface area contributed by atoms with E-state index < -0.39 is 0 Å². The minimum atomic E-state index is -0.259. The number of hydrogen-bond acceptors (Lipinski definition) is 4. The molecule has 1 aromatic carbocycles. The quantitative estimate of drug-likeness (QED) is 0.741. The topological polar surface area (TPSA) is 41.0 Å². The first kappa shape index (κ1) is 17.0.